The smallest absolute Gasteiger partial charge is 0.320 e. The highest BCUT2D eigenvalue weighted by molar-refractivity contribution is 5.91. The Balaban J connectivity index is 1.32. The highest BCUT2D eigenvalue weighted by atomic mass is 16.5. The molecule has 0 unspecified atom stereocenters. The quantitative estimate of drug-likeness (QED) is 0.560. The van der Waals surface area contributed by atoms with Gasteiger partial charge in [-0.05, 0) is 37.1 Å². The number of ether oxygens (including phenoxy) is 1. The minimum Gasteiger partial charge on any atom is -0.461 e. The van der Waals surface area contributed by atoms with Crippen molar-refractivity contribution in [3.8, 4) is 6.01 Å². The third kappa shape index (κ3) is 5.14. The van der Waals surface area contributed by atoms with Crippen molar-refractivity contribution in [2.45, 2.75) is 38.9 Å². The highest BCUT2D eigenvalue weighted by Crippen LogP contribution is 2.30. The minimum absolute atomic E-state index is 0.111. The van der Waals surface area contributed by atoms with Crippen molar-refractivity contribution in [3.05, 3.63) is 59.7 Å². The number of hydrogen-bond donors (Lipinski definition) is 1. The van der Waals surface area contributed by atoms with E-state index in [1.165, 1.54) is 18.4 Å². The lowest BCUT2D eigenvalue weighted by Gasteiger charge is -2.30. The first-order valence-electron chi connectivity index (χ1n) is 11.5. The summed E-state index contributed by atoms with van der Waals surface area (Å²) in [6, 6.07) is 8.81. The number of anilines is 2. The maximum Gasteiger partial charge on any atom is 0.320 e. The van der Waals surface area contributed by atoms with Gasteiger partial charge in [0.15, 0.2) is 5.78 Å². The van der Waals surface area contributed by atoms with Crippen LogP contribution in [0.3, 0.4) is 0 Å². The zero-order valence-electron chi connectivity index (χ0n) is 18.7. The number of rotatable bonds is 8. The molecule has 2 aliphatic rings. The van der Waals surface area contributed by atoms with E-state index in [9.17, 15) is 4.79 Å². The summed E-state index contributed by atoms with van der Waals surface area (Å²) < 4.78 is 7.70. The van der Waals surface area contributed by atoms with E-state index >= 15 is 0 Å². The van der Waals surface area contributed by atoms with E-state index in [-0.39, 0.29) is 18.2 Å². The zero-order chi connectivity index (χ0) is 22.6. The van der Waals surface area contributed by atoms with Crippen molar-refractivity contribution in [2.75, 3.05) is 36.9 Å². The molecule has 9 heteroatoms. The molecule has 1 fully saturated rings. The standard InChI is InChI=1S/C24H29N7O2/c25-22-21-13-20(32)16-31(15-19-5-3-4-18(12-19)14-29-7-1-2-8-29)23(21)28-24(27-22)33-11-10-30-9-6-26-17-30/h3-6,9,12,17H,1-2,7-8,10-11,13-16H2,(H2,25,27,28). The van der Waals surface area contributed by atoms with Crippen molar-refractivity contribution < 1.29 is 9.53 Å². The van der Waals surface area contributed by atoms with Crippen LogP contribution in [0.15, 0.2) is 43.0 Å². The average molecular weight is 448 g/mol. The van der Waals surface area contributed by atoms with Gasteiger partial charge in [0, 0.05) is 37.5 Å². The fraction of sp³-hybridized carbons (Fsp3) is 0.417. The monoisotopic (exact) mass is 447 g/mol. The molecule has 1 aromatic carbocycles. The number of ketones is 1. The van der Waals surface area contributed by atoms with Crippen molar-refractivity contribution in [1.29, 1.82) is 0 Å². The average Bonchev–Trinajstić information content (AvgIpc) is 3.49. The van der Waals surface area contributed by atoms with E-state index in [1.54, 1.807) is 12.5 Å². The molecule has 0 amide bonds. The van der Waals surface area contributed by atoms with Crippen LogP contribution in [-0.2, 0) is 30.8 Å². The molecule has 0 aliphatic carbocycles. The molecule has 33 heavy (non-hydrogen) atoms. The second-order valence-corrected chi connectivity index (χ2v) is 8.72. The molecular weight excluding hydrogens is 418 g/mol. The van der Waals surface area contributed by atoms with Gasteiger partial charge in [0.05, 0.1) is 19.4 Å². The van der Waals surface area contributed by atoms with Gasteiger partial charge in [-0.15, -0.1) is 0 Å². The number of hydrogen-bond acceptors (Lipinski definition) is 8. The van der Waals surface area contributed by atoms with Gasteiger partial charge in [0.1, 0.15) is 18.2 Å². The van der Waals surface area contributed by atoms with Crippen LogP contribution in [0.4, 0.5) is 11.6 Å². The summed E-state index contributed by atoms with van der Waals surface area (Å²) in [7, 11) is 0. The van der Waals surface area contributed by atoms with E-state index in [1.807, 2.05) is 15.7 Å². The maximum atomic E-state index is 12.5. The lowest BCUT2D eigenvalue weighted by molar-refractivity contribution is -0.117. The summed E-state index contributed by atoms with van der Waals surface area (Å²) in [5.41, 5.74) is 9.33. The molecule has 2 aromatic heterocycles. The van der Waals surface area contributed by atoms with Gasteiger partial charge in [0.2, 0.25) is 0 Å². The predicted molar refractivity (Wildman–Crippen MR) is 125 cm³/mol. The first-order chi connectivity index (χ1) is 16.1. The number of nitrogens with zero attached hydrogens (tertiary/aromatic N) is 6. The van der Waals surface area contributed by atoms with E-state index in [0.29, 0.717) is 43.4 Å². The minimum atomic E-state index is 0.111. The summed E-state index contributed by atoms with van der Waals surface area (Å²) in [6.07, 6.45) is 8.14. The molecule has 5 rings (SSSR count). The zero-order valence-corrected chi connectivity index (χ0v) is 18.7. The van der Waals surface area contributed by atoms with Crippen molar-refractivity contribution >= 4 is 17.4 Å². The Kier molecular flexibility index (Phi) is 6.21. The van der Waals surface area contributed by atoms with Crippen LogP contribution >= 0.6 is 0 Å². The van der Waals surface area contributed by atoms with Crippen LogP contribution in [-0.4, -0.2) is 56.4 Å². The second-order valence-electron chi connectivity index (χ2n) is 8.72. The van der Waals surface area contributed by atoms with Crippen molar-refractivity contribution in [2.24, 2.45) is 0 Å². The Bertz CT molecular complexity index is 1110. The van der Waals surface area contributed by atoms with Gasteiger partial charge in [-0.3, -0.25) is 9.69 Å². The number of imidazole rings is 1. The lowest BCUT2D eigenvalue weighted by atomic mass is 10.0. The lowest BCUT2D eigenvalue weighted by Crippen LogP contribution is -2.36. The fourth-order valence-corrected chi connectivity index (χ4v) is 4.54. The first-order valence-corrected chi connectivity index (χ1v) is 11.5. The molecule has 0 spiro atoms. The number of nitrogens with two attached hydrogens (primary N) is 1. The fourth-order valence-electron chi connectivity index (χ4n) is 4.54. The van der Waals surface area contributed by atoms with Crippen LogP contribution in [0.5, 0.6) is 6.01 Å². The van der Waals surface area contributed by atoms with Gasteiger partial charge in [-0.1, -0.05) is 24.3 Å². The number of carbonyl (C=O) groups excluding carboxylic acids is 1. The number of aromatic nitrogens is 4. The SMILES string of the molecule is Nc1nc(OCCn2ccnc2)nc2c1CC(=O)CN2Cc1cccc(CN2CCCC2)c1. The number of nitrogen functional groups attached to an aromatic ring is 1. The largest absolute Gasteiger partial charge is 0.461 e. The molecule has 9 nitrogen and oxygen atoms in total. The molecule has 2 N–H and O–H groups in total. The number of carbonyl (C=O) groups is 1. The molecule has 172 valence electrons. The molecule has 3 aromatic rings. The van der Waals surface area contributed by atoms with E-state index < -0.39 is 0 Å². The van der Waals surface area contributed by atoms with Crippen LogP contribution < -0.4 is 15.4 Å². The van der Waals surface area contributed by atoms with Crippen LogP contribution in [0.2, 0.25) is 0 Å². The van der Waals surface area contributed by atoms with Crippen LogP contribution in [0, 0.1) is 0 Å². The maximum absolute atomic E-state index is 12.5. The molecule has 0 bridgehead atoms. The number of fused-ring (bicyclic) bond motifs is 1. The molecular formula is C24H29N7O2. The van der Waals surface area contributed by atoms with Gasteiger partial charge in [-0.25, -0.2) is 4.98 Å². The van der Waals surface area contributed by atoms with Crippen molar-refractivity contribution in [1.82, 2.24) is 24.4 Å². The first kappa shape index (κ1) is 21.4. The van der Waals surface area contributed by atoms with Gasteiger partial charge in [0.25, 0.3) is 0 Å². The number of likely N-dealkylation sites (tertiary alicyclic amines) is 1. The summed E-state index contributed by atoms with van der Waals surface area (Å²) in [5.74, 6) is 1.10. The van der Waals surface area contributed by atoms with Gasteiger partial charge in [-0.2, -0.15) is 9.97 Å². The van der Waals surface area contributed by atoms with Crippen molar-refractivity contribution in [3.63, 3.8) is 0 Å². The Morgan fingerprint density at radius 2 is 1.91 bits per heavy atom. The van der Waals surface area contributed by atoms with Crippen LogP contribution in [0.1, 0.15) is 29.5 Å². The molecule has 2 aliphatic heterocycles. The molecule has 1 saturated heterocycles. The third-order valence-electron chi connectivity index (χ3n) is 6.15. The Morgan fingerprint density at radius 1 is 1.09 bits per heavy atom. The second kappa shape index (κ2) is 9.58. The Labute approximate surface area is 193 Å². The van der Waals surface area contributed by atoms with E-state index in [2.05, 4.69) is 44.1 Å². The summed E-state index contributed by atoms with van der Waals surface area (Å²) in [6.45, 7) is 5.20. The van der Waals surface area contributed by atoms with E-state index in [0.717, 1.165) is 25.2 Å². The molecule has 0 atom stereocenters. The predicted octanol–water partition coefficient (Wildman–Crippen LogP) is 2.06. The normalized spacial score (nSPS) is 16.2. The van der Waals surface area contributed by atoms with Gasteiger partial charge < -0.3 is 19.9 Å². The molecule has 0 radical (unpaired) electrons. The summed E-state index contributed by atoms with van der Waals surface area (Å²) in [4.78, 5) is 29.9. The Hall–Kier alpha value is -3.46. The number of benzene rings is 1. The third-order valence-corrected chi connectivity index (χ3v) is 6.15. The van der Waals surface area contributed by atoms with Crippen LogP contribution in [0.25, 0.3) is 0 Å². The molecule has 0 saturated carbocycles. The summed E-state index contributed by atoms with van der Waals surface area (Å²) >= 11 is 0. The van der Waals surface area contributed by atoms with E-state index in [4.69, 9.17) is 10.5 Å². The highest BCUT2D eigenvalue weighted by Gasteiger charge is 2.28. The Morgan fingerprint density at radius 3 is 2.70 bits per heavy atom. The molecule has 4 heterocycles. The van der Waals surface area contributed by atoms with Gasteiger partial charge >= 0.3 is 6.01 Å². The topological polar surface area (TPSA) is 102 Å². The number of Topliss-reactive ketones (excluding diaryl/α,β-unsaturated/α-hetero) is 1. The summed E-state index contributed by atoms with van der Waals surface area (Å²) in [5, 5.41) is 0.